The molecule has 1 saturated heterocycles. The van der Waals surface area contributed by atoms with E-state index in [2.05, 4.69) is 5.32 Å². The minimum absolute atomic E-state index is 0.0694. The molecule has 1 amide bonds. The standard InChI is InChI=1S/C9H16N2OS/c10-9(3-4-9)8(12)11-7-2-1-5-13-6-7/h7H,1-6,10H2,(H,11,12). The van der Waals surface area contributed by atoms with Crippen LogP contribution in [0.4, 0.5) is 0 Å². The number of carbonyl (C=O) groups is 1. The van der Waals surface area contributed by atoms with Crippen molar-refractivity contribution in [2.75, 3.05) is 11.5 Å². The van der Waals surface area contributed by atoms with E-state index in [0.29, 0.717) is 6.04 Å². The molecule has 3 nitrogen and oxygen atoms in total. The summed E-state index contributed by atoms with van der Waals surface area (Å²) in [5, 5.41) is 3.04. The Bertz CT molecular complexity index is 210. The molecule has 0 aromatic heterocycles. The van der Waals surface area contributed by atoms with Gasteiger partial charge in [-0.05, 0) is 31.4 Å². The quantitative estimate of drug-likeness (QED) is 0.682. The lowest BCUT2D eigenvalue weighted by Gasteiger charge is -2.23. The second-order valence-corrected chi connectivity index (χ2v) is 5.19. The summed E-state index contributed by atoms with van der Waals surface area (Å²) in [4.78, 5) is 11.5. The van der Waals surface area contributed by atoms with Gasteiger partial charge in [0.05, 0.1) is 5.54 Å². The third-order valence-corrected chi connectivity index (χ3v) is 3.95. The molecule has 0 aromatic rings. The molecule has 0 aromatic carbocycles. The summed E-state index contributed by atoms with van der Waals surface area (Å²) >= 11 is 1.92. The van der Waals surface area contributed by atoms with Crippen LogP contribution in [0.3, 0.4) is 0 Å². The fraction of sp³-hybridized carbons (Fsp3) is 0.889. The molecule has 1 unspecified atom stereocenters. The van der Waals surface area contributed by atoms with Crippen LogP contribution in [0.15, 0.2) is 0 Å². The molecule has 4 heteroatoms. The molecule has 0 spiro atoms. The molecule has 1 saturated carbocycles. The van der Waals surface area contributed by atoms with Crippen molar-refractivity contribution in [3.63, 3.8) is 0 Å². The summed E-state index contributed by atoms with van der Waals surface area (Å²) in [6, 6.07) is 0.368. The first-order chi connectivity index (χ1) is 6.21. The summed E-state index contributed by atoms with van der Waals surface area (Å²) < 4.78 is 0. The number of rotatable bonds is 2. The Morgan fingerprint density at radius 3 is 2.85 bits per heavy atom. The molecular weight excluding hydrogens is 184 g/mol. The lowest BCUT2D eigenvalue weighted by Crippen LogP contribution is -2.48. The van der Waals surface area contributed by atoms with Gasteiger partial charge < -0.3 is 11.1 Å². The van der Waals surface area contributed by atoms with Crippen LogP contribution in [0.5, 0.6) is 0 Å². The van der Waals surface area contributed by atoms with E-state index in [0.717, 1.165) is 25.0 Å². The van der Waals surface area contributed by atoms with Crippen molar-refractivity contribution in [3.05, 3.63) is 0 Å². The Morgan fingerprint density at radius 1 is 1.54 bits per heavy atom. The number of nitrogens with two attached hydrogens (primary N) is 1. The third-order valence-electron chi connectivity index (χ3n) is 2.74. The highest BCUT2D eigenvalue weighted by Gasteiger charge is 2.46. The summed E-state index contributed by atoms with van der Waals surface area (Å²) in [6.45, 7) is 0. The molecule has 0 bridgehead atoms. The van der Waals surface area contributed by atoms with Crippen LogP contribution in [0.1, 0.15) is 25.7 Å². The van der Waals surface area contributed by atoms with Crippen LogP contribution in [-0.2, 0) is 4.79 Å². The predicted molar refractivity (Wildman–Crippen MR) is 54.6 cm³/mol. The first kappa shape index (κ1) is 9.34. The first-order valence-electron chi connectivity index (χ1n) is 4.88. The van der Waals surface area contributed by atoms with E-state index in [-0.39, 0.29) is 5.91 Å². The van der Waals surface area contributed by atoms with E-state index in [9.17, 15) is 4.79 Å². The lowest BCUT2D eigenvalue weighted by molar-refractivity contribution is -0.123. The molecule has 0 radical (unpaired) electrons. The molecule has 1 heterocycles. The SMILES string of the molecule is NC1(C(=O)NC2CCCSC2)CC1. The van der Waals surface area contributed by atoms with Crippen molar-refractivity contribution in [2.45, 2.75) is 37.3 Å². The molecule has 1 aliphatic carbocycles. The Kier molecular flexibility index (Phi) is 2.51. The maximum atomic E-state index is 11.5. The smallest absolute Gasteiger partial charge is 0.240 e. The zero-order valence-corrected chi connectivity index (χ0v) is 8.53. The molecule has 2 rings (SSSR count). The van der Waals surface area contributed by atoms with Gasteiger partial charge in [0.25, 0.3) is 0 Å². The van der Waals surface area contributed by atoms with Crippen molar-refractivity contribution in [1.82, 2.24) is 5.32 Å². The average molecular weight is 200 g/mol. The zero-order valence-electron chi connectivity index (χ0n) is 7.71. The van der Waals surface area contributed by atoms with Crippen LogP contribution in [0.2, 0.25) is 0 Å². The number of hydrogen-bond donors (Lipinski definition) is 2. The van der Waals surface area contributed by atoms with Gasteiger partial charge in [-0.2, -0.15) is 11.8 Å². The molecule has 13 heavy (non-hydrogen) atoms. The fourth-order valence-corrected chi connectivity index (χ4v) is 2.62. The second-order valence-electron chi connectivity index (χ2n) is 4.04. The Labute approximate surface area is 82.8 Å². The van der Waals surface area contributed by atoms with Gasteiger partial charge in [0.15, 0.2) is 0 Å². The van der Waals surface area contributed by atoms with E-state index in [1.54, 1.807) is 0 Å². The molecule has 2 aliphatic rings. The van der Waals surface area contributed by atoms with E-state index < -0.39 is 5.54 Å². The number of nitrogens with one attached hydrogen (secondary N) is 1. The molecule has 2 fully saturated rings. The highest BCUT2D eigenvalue weighted by molar-refractivity contribution is 7.99. The van der Waals surface area contributed by atoms with E-state index >= 15 is 0 Å². The van der Waals surface area contributed by atoms with Gasteiger partial charge in [-0.25, -0.2) is 0 Å². The van der Waals surface area contributed by atoms with Crippen molar-refractivity contribution >= 4 is 17.7 Å². The fourth-order valence-electron chi connectivity index (χ4n) is 1.55. The van der Waals surface area contributed by atoms with Crippen LogP contribution in [0, 0.1) is 0 Å². The number of amides is 1. The van der Waals surface area contributed by atoms with Gasteiger partial charge in [0.2, 0.25) is 5.91 Å². The lowest BCUT2D eigenvalue weighted by atomic mass is 10.1. The van der Waals surface area contributed by atoms with Gasteiger partial charge in [-0.3, -0.25) is 4.79 Å². The molecule has 1 atom stereocenters. The third kappa shape index (κ3) is 2.17. The Balaban J connectivity index is 1.79. The minimum Gasteiger partial charge on any atom is -0.351 e. The van der Waals surface area contributed by atoms with Gasteiger partial charge in [-0.1, -0.05) is 0 Å². The molecule has 3 N–H and O–H groups in total. The van der Waals surface area contributed by atoms with Gasteiger partial charge in [-0.15, -0.1) is 0 Å². The van der Waals surface area contributed by atoms with E-state index in [1.165, 1.54) is 12.2 Å². The average Bonchev–Trinajstić information content (AvgIpc) is 2.87. The number of thioether (sulfide) groups is 1. The Hall–Kier alpha value is -0.220. The largest absolute Gasteiger partial charge is 0.351 e. The van der Waals surface area contributed by atoms with Gasteiger partial charge >= 0.3 is 0 Å². The summed E-state index contributed by atoms with van der Waals surface area (Å²) in [6.07, 6.45) is 4.05. The summed E-state index contributed by atoms with van der Waals surface area (Å²) in [5.41, 5.74) is 5.29. The van der Waals surface area contributed by atoms with E-state index in [4.69, 9.17) is 5.73 Å². The van der Waals surface area contributed by atoms with Crippen LogP contribution >= 0.6 is 11.8 Å². The first-order valence-corrected chi connectivity index (χ1v) is 6.04. The number of carbonyl (C=O) groups excluding carboxylic acids is 1. The highest BCUT2D eigenvalue weighted by Crippen LogP contribution is 2.32. The van der Waals surface area contributed by atoms with Crippen LogP contribution in [0.25, 0.3) is 0 Å². The second kappa shape index (κ2) is 3.50. The Morgan fingerprint density at radius 2 is 2.31 bits per heavy atom. The number of hydrogen-bond acceptors (Lipinski definition) is 3. The monoisotopic (exact) mass is 200 g/mol. The normalized spacial score (nSPS) is 31.0. The summed E-state index contributed by atoms with van der Waals surface area (Å²) in [5.74, 6) is 2.36. The predicted octanol–water partition coefficient (Wildman–Crippen LogP) is 0.489. The highest BCUT2D eigenvalue weighted by atomic mass is 32.2. The van der Waals surface area contributed by atoms with Crippen molar-refractivity contribution in [2.24, 2.45) is 5.73 Å². The van der Waals surface area contributed by atoms with Gasteiger partial charge in [0.1, 0.15) is 0 Å². The van der Waals surface area contributed by atoms with Crippen molar-refractivity contribution in [1.29, 1.82) is 0 Å². The van der Waals surface area contributed by atoms with Crippen molar-refractivity contribution in [3.8, 4) is 0 Å². The van der Waals surface area contributed by atoms with Crippen molar-refractivity contribution < 1.29 is 4.79 Å². The minimum atomic E-state index is -0.498. The molecular formula is C9H16N2OS. The van der Waals surface area contributed by atoms with Crippen LogP contribution < -0.4 is 11.1 Å². The topological polar surface area (TPSA) is 55.1 Å². The zero-order chi connectivity index (χ0) is 9.31. The maximum Gasteiger partial charge on any atom is 0.240 e. The molecule has 1 aliphatic heterocycles. The summed E-state index contributed by atoms with van der Waals surface area (Å²) in [7, 11) is 0. The van der Waals surface area contributed by atoms with E-state index in [1.807, 2.05) is 11.8 Å². The van der Waals surface area contributed by atoms with Gasteiger partial charge in [0, 0.05) is 11.8 Å². The van der Waals surface area contributed by atoms with Crippen LogP contribution in [-0.4, -0.2) is 29.0 Å². The maximum absolute atomic E-state index is 11.5. The molecule has 74 valence electrons.